The molecule has 3 heteroatoms. The highest BCUT2D eigenvalue weighted by Gasteiger charge is 2.29. The van der Waals surface area contributed by atoms with Gasteiger partial charge in [-0.2, -0.15) is 0 Å². The predicted octanol–water partition coefficient (Wildman–Crippen LogP) is 2.06. The van der Waals surface area contributed by atoms with Crippen molar-refractivity contribution in [3.63, 3.8) is 0 Å². The summed E-state index contributed by atoms with van der Waals surface area (Å²) < 4.78 is 0. The molecule has 0 radical (unpaired) electrons. The first-order valence-corrected chi connectivity index (χ1v) is 6.48. The molecule has 94 valence electrons. The van der Waals surface area contributed by atoms with Crippen molar-refractivity contribution in [1.82, 2.24) is 5.32 Å². The largest absolute Gasteiger partial charge is 0.353 e. The van der Waals surface area contributed by atoms with Crippen LogP contribution >= 0.6 is 0 Å². The molecule has 3 N–H and O–H groups in total. The summed E-state index contributed by atoms with van der Waals surface area (Å²) in [4.78, 5) is 12.0. The molecule has 0 heterocycles. The molecule has 1 amide bonds. The Bertz CT molecular complexity index is 232. The SMILES string of the molecule is C[C@@H](NC(=O)C(C)(C)CN)C1CCCCC1. The minimum atomic E-state index is -0.442. The maximum absolute atomic E-state index is 12.0. The zero-order valence-corrected chi connectivity index (χ0v) is 10.9. The van der Waals surface area contributed by atoms with Gasteiger partial charge in [-0.1, -0.05) is 19.3 Å². The first-order chi connectivity index (χ1) is 7.47. The molecule has 0 saturated heterocycles. The van der Waals surface area contributed by atoms with Crippen LogP contribution < -0.4 is 11.1 Å². The van der Waals surface area contributed by atoms with Crippen molar-refractivity contribution in [3.8, 4) is 0 Å². The van der Waals surface area contributed by atoms with E-state index >= 15 is 0 Å². The van der Waals surface area contributed by atoms with Gasteiger partial charge in [0.05, 0.1) is 5.41 Å². The van der Waals surface area contributed by atoms with Crippen LogP contribution in [0.2, 0.25) is 0 Å². The molecule has 1 aliphatic carbocycles. The third-order valence-corrected chi connectivity index (χ3v) is 3.84. The molecule has 1 fully saturated rings. The van der Waals surface area contributed by atoms with Gasteiger partial charge in [-0.15, -0.1) is 0 Å². The molecule has 1 aliphatic rings. The summed E-state index contributed by atoms with van der Waals surface area (Å²) in [5.41, 5.74) is 5.16. The fraction of sp³-hybridized carbons (Fsp3) is 0.923. The lowest BCUT2D eigenvalue weighted by atomic mass is 9.83. The number of carbonyl (C=O) groups excluding carboxylic acids is 1. The summed E-state index contributed by atoms with van der Waals surface area (Å²) in [5, 5.41) is 3.12. The lowest BCUT2D eigenvalue weighted by molar-refractivity contribution is -0.129. The fourth-order valence-electron chi connectivity index (χ4n) is 2.25. The fourth-order valence-corrected chi connectivity index (χ4v) is 2.25. The molecular weight excluding hydrogens is 200 g/mol. The van der Waals surface area contributed by atoms with Crippen molar-refractivity contribution in [1.29, 1.82) is 0 Å². The lowest BCUT2D eigenvalue weighted by Crippen LogP contribution is -2.47. The Hall–Kier alpha value is -0.570. The lowest BCUT2D eigenvalue weighted by Gasteiger charge is -2.31. The Morgan fingerprint density at radius 1 is 1.38 bits per heavy atom. The molecule has 1 saturated carbocycles. The minimum absolute atomic E-state index is 0.0908. The van der Waals surface area contributed by atoms with Gasteiger partial charge in [0.1, 0.15) is 0 Å². The van der Waals surface area contributed by atoms with Crippen molar-refractivity contribution < 1.29 is 4.79 Å². The van der Waals surface area contributed by atoms with E-state index in [0.717, 1.165) is 0 Å². The summed E-state index contributed by atoms with van der Waals surface area (Å²) >= 11 is 0. The van der Waals surface area contributed by atoms with Gasteiger partial charge >= 0.3 is 0 Å². The smallest absolute Gasteiger partial charge is 0.227 e. The molecule has 0 aromatic heterocycles. The van der Waals surface area contributed by atoms with Crippen LogP contribution in [0.25, 0.3) is 0 Å². The highest BCUT2D eigenvalue weighted by atomic mass is 16.2. The Labute approximate surface area is 99.2 Å². The number of amides is 1. The Morgan fingerprint density at radius 2 is 1.94 bits per heavy atom. The van der Waals surface area contributed by atoms with E-state index in [2.05, 4.69) is 12.2 Å². The molecule has 0 aromatic carbocycles. The molecule has 0 spiro atoms. The Morgan fingerprint density at radius 3 is 2.44 bits per heavy atom. The summed E-state index contributed by atoms with van der Waals surface area (Å²) in [7, 11) is 0. The van der Waals surface area contributed by atoms with Gasteiger partial charge in [0.25, 0.3) is 0 Å². The zero-order chi connectivity index (χ0) is 12.2. The monoisotopic (exact) mass is 226 g/mol. The Kier molecular flexibility index (Phi) is 4.78. The van der Waals surface area contributed by atoms with Crippen molar-refractivity contribution in [2.75, 3.05) is 6.54 Å². The van der Waals surface area contributed by atoms with E-state index in [4.69, 9.17) is 5.73 Å². The summed E-state index contributed by atoms with van der Waals surface area (Å²) in [6, 6.07) is 0.290. The van der Waals surface area contributed by atoms with Crippen LogP contribution in [0, 0.1) is 11.3 Å². The van der Waals surface area contributed by atoms with E-state index in [0.29, 0.717) is 18.5 Å². The minimum Gasteiger partial charge on any atom is -0.353 e. The molecule has 0 aliphatic heterocycles. The number of hydrogen-bond acceptors (Lipinski definition) is 2. The van der Waals surface area contributed by atoms with E-state index in [-0.39, 0.29) is 5.91 Å². The molecular formula is C13H26N2O. The topological polar surface area (TPSA) is 55.1 Å². The maximum Gasteiger partial charge on any atom is 0.227 e. The van der Waals surface area contributed by atoms with Crippen LogP contribution in [0.5, 0.6) is 0 Å². The van der Waals surface area contributed by atoms with Gasteiger partial charge in [0.2, 0.25) is 5.91 Å². The van der Waals surface area contributed by atoms with Gasteiger partial charge in [0, 0.05) is 12.6 Å². The van der Waals surface area contributed by atoms with Gasteiger partial charge in [-0.25, -0.2) is 0 Å². The van der Waals surface area contributed by atoms with Crippen LogP contribution in [0.4, 0.5) is 0 Å². The van der Waals surface area contributed by atoms with Crippen molar-refractivity contribution in [2.24, 2.45) is 17.1 Å². The van der Waals surface area contributed by atoms with Crippen molar-refractivity contribution in [3.05, 3.63) is 0 Å². The quantitative estimate of drug-likeness (QED) is 0.771. The van der Waals surface area contributed by atoms with Gasteiger partial charge in [-0.05, 0) is 39.5 Å². The molecule has 1 rings (SSSR count). The molecule has 0 unspecified atom stereocenters. The number of nitrogens with one attached hydrogen (secondary N) is 1. The first-order valence-electron chi connectivity index (χ1n) is 6.48. The molecule has 16 heavy (non-hydrogen) atoms. The standard InChI is InChI=1S/C13H26N2O/c1-10(11-7-5-4-6-8-11)15-12(16)13(2,3)9-14/h10-11H,4-9,14H2,1-3H3,(H,15,16)/t10-/m1/s1. The zero-order valence-electron chi connectivity index (χ0n) is 10.9. The summed E-state index contributed by atoms with van der Waals surface area (Å²) in [5.74, 6) is 0.749. The maximum atomic E-state index is 12.0. The third-order valence-electron chi connectivity index (χ3n) is 3.84. The van der Waals surface area contributed by atoms with E-state index < -0.39 is 5.41 Å². The highest BCUT2D eigenvalue weighted by Crippen LogP contribution is 2.26. The van der Waals surface area contributed by atoms with Crippen molar-refractivity contribution in [2.45, 2.75) is 58.9 Å². The van der Waals surface area contributed by atoms with Crippen LogP contribution in [-0.4, -0.2) is 18.5 Å². The molecule has 1 atom stereocenters. The molecule has 0 aromatic rings. The van der Waals surface area contributed by atoms with E-state index in [1.165, 1.54) is 32.1 Å². The normalized spacial score (nSPS) is 20.5. The highest BCUT2D eigenvalue weighted by molar-refractivity contribution is 5.82. The number of carbonyl (C=O) groups is 1. The first kappa shape index (κ1) is 13.5. The molecule has 3 nitrogen and oxygen atoms in total. The van der Waals surface area contributed by atoms with E-state index in [1.807, 2.05) is 13.8 Å². The Balaban J connectivity index is 2.43. The molecule has 0 bridgehead atoms. The second-order valence-corrected chi connectivity index (χ2v) is 5.75. The van der Waals surface area contributed by atoms with Gasteiger partial charge in [-0.3, -0.25) is 4.79 Å². The van der Waals surface area contributed by atoms with Crippen molar-refractivity contribution >= 4 is 5.91 Å². The average molecular weight is 226 g/mol. The van der Waals surface area contributed by atoms with Crippen LogP contribution in [-0.2, 0) is 4.79 Å². The van der Waals surface area contributed by atoms with Crippen LogP contribution in [0.3, 0.4) is 0 Å². The summed E-state index contributed by atoms with van der Waals surface area (Å²) in [6.07, 6.45) is 6.48. The predicted molar refractivity (Wildman–Crippen MR) is 67.0 cm³/mol. The van der Waals surface area contributed by atoms with Gasteiger partial charge in [0.15, 0.2) is 0 Å². The number of hydrogen-bond donors (Lipinski definition) is 2. The average Bonchev–Trinajstić information content (AvgIpc) is 2.30. The number of rotatable bonds is 4. The van der Waals surface area contributed by atoms with E-state index in [9.17, 15) is 4.79 Å². The van der Waals surface area contributed by atoms with Crippen LogP contribution in [0.1, 0.15) is 52.9 Å². The summed E-state index contributed by atoms with van der Waals surface area (Å²) in [6.45, 7) is 6.32. The van der Waals surface area contributed by atoms with E-state index in [1.54, 1.807) is 0 Å². The van der Waals surface area contributed by atoms with Gasteiger partial charge < -0.3 is 11.1 Å². The third kappa shape index (κ3) is 3.48. The second-order valence-electron chi connectivity index (χ2n) is 5.75. The van der Waals surface area contributed by atoms with Crippen LogP contribution in [0.15, 0.2) is 0 Å². The second kappa shape index (κ2) is 5.67. The number of nitrogens with two attached hydrogens (primary N) is 1.